The van der Waals surface area contributed by atoms with Crippen LogP contribution >= 0.6 is 11.8 Å². The van der Waals surface area contributed by atoms with Crippen molar-refractivity contribution >= 4 is 23.5 Å². The molecule has 0 unspecified atom stereocenters. The van der Waals surface area contributed by atoms with Crippen LogP contribution < -0.4 is 25.7 Å². The molecule has 130 valence electrons. The zero-order chi connectivity index (χ0) is 17.7. The first kappa shape index (κ1) is 18.0. The van der Waals surface area contributed by atoms with Gasteiger partial charge in [-0.05, 0) is 23.4 Å². The number of aromatic nitrogens is 2. The Labute approximate surface area is 145 Å². The molecule has 7 nitrogen and oxygen atoms in total. The SMILES string of the molecule is CCSc1nc(N)nc(N)c1Cc1cc(OC)c(OC)c(OC)c1. The molecular weight excluding hydrogens is 328 g/mol. The van der Waals surface area contributed by atoms with Crippen molar-refractivity contribution in [3.8, 4) is 17.2 Å². The molecule has 0 saturated carbocycles. The largest absolute Gasteiger partial charge is 0.493 e. The first-order valence-electron chi connectivity index (χ1n) is 7.37. The summed E-state index contributed by atoms with van der Waals surface area (Å²) < 4.78 is 16.1. The van der Waals surface area contributed by atoms with Crippen LogP contribution in [-0.2, 0) is 6.42 Å². The highest BCUT2D eigenvalue weighted by molar-refractivity contribution is 7.99. The van der Waals surface area contributed by atoms with E-state index in [4.69, 9.17) is 25.7 Å². The van der Waals surface area contributed by atoms with Gasteiger partial charge in [0.15, 0.2) is 11.5 Å². The number of nitrogen functional groups attached to an aromatic ring is 2. The Kier molecular flexibility index (Phi) is 5.97. The summed E-state index contributed by atoms with van der Waals surface area (Å²) in [5.41, 5.74) is 13.6. The van der Waals surface area contributed by atoms with Gasteiger partial charge >= 0.3 is 0 Å². The topological polar surface area (TPSA) is 106 Å². The summed E-state index contributed by atoms with van der Waals surface area (Å²) in [5.74, 6) is 3.15. The molecule has 0 aliphatic rings. The van der Waals surface area contributed by atoms with Crippen LogP contribution in [0.3, 0.4) is 0 Å². The highest BCUT2D eigenvalue weighted by atomic mass is 32.2. The average molecular weight is 350 g/mol. The molecule has 1 heterocycles. The van der Waals surface area contributed by atoms with Crippen molar-refractivity contribution in [1.29, 1.82) is 0 Å². The number of nitrogens with zero attached hydrogens (tertiary/aromatic N) is 2. The number of hydrogen-bond donors (Lipinski definition) is 2. The second-order valence-electron chi connectivity index (χ2n) is 4.89. The van der Waals surface area contributed by atoms with Crippen LogP contribution in [0.2, 0.25) is 0 Å². The minimum absolute atomic E-state index is 0.178. The lowest BCUT2D eigenvalue weighted by molar-refractivity contribution is 0.324. The number of ether oxygens (including phenoxy) is 3. The third kappa shape index (κ3) is 3.76. The van der Waals surface area contributed by atoms with Crippen molar-refractivity contribution in [3.63, 3.8) is 0 Å². The molecule has 0 aliphatic carbocycles. The van der Waals surface area contributed by atoms with Crippen LogP contribution in [0.5, 0.6) is 17.2 Å². The van der Waals surface area contributed by atoms with Crippen LogP contribution in [0.4, 0.5) is 11.8 Å². The van der Waals surface area contributed by atoms with E-state index < -0.39 is 0 Å². The highest BCUT2D eigenvalue weighted by Gasteiger charge is 2.17. The zero-order valence-electron chi connectivity index (χ0n) is 14.3. The summed E-state index contributed by atoms with van der Waals surface area (Å²) in [7, 11) is 4.74. The van der Waals surface area contributed by atoms with Gasteiger partial charge in [-0.25, -0.2) is 4.98 Å². The van der Waals surface area contributed by atoms with E-state index in [1.165, 1.54) is 0 Å². The summed E-state index contributed by atoms with van der Waals surface area (Å²) >= 11 is 1.58. The molecule has 0 aliphatic heterocycles. The van der Waals surface area contributed by atoms with Crippen molar-refractivity contribution < 1.29 is 14.2 Å². The van der Waals surface area contributed by atoms with E-state index in [1.54, 1.807) is 33.1 Å². The van der Waals surface area contributed by atoms with Crippen molar-refractivity contribution in [2.24, 2.45) is 0 Å². The van der Waals surface area contributed by atoms with Gasteiger partial charge in [0.25, 0.3) is 0 Å². The summed E-state index contributed by atoms with van der Waals surface area (Å²) in [6.07, 6.45) is 0.533. The number of thioether (sulfide) groups is 1. The first-order valence-corrected chi connectivity index (χ1v) is 8.36. The van der Waals surface area contributed by atoms with E-state index >= 15 is 0 Å². The van der Waals surface area contributed by atoms with Crippen molar-refractivity contribution in [3.05, 3.63) is 23.3 Å². The lowest BCUT2D eigenvalue weighted by Crippen LogP contribution is -2.07. The summed E-state index contributed by atoms with van der Waals surface area (Å²) in [4.78, 5) is 8.38. The average Bonchev–Trinajstić information content (AvgIpc) is 2.57. The number of benzene rings is 1. The van der Waals surface area contributed by atoms with Crippen molar-refractivity contribution in [2.75, 3.05) is 38.5 Å². The normalized spacial score (nSPS) is 10.5. The number of hydrogen-bond acceptors (Lipinski definition) is 8. The Bertz CT molecular complexity index is 700. The molecule has 0 spiro atoms. The number of anilines is 2. The third-order valence-electron chi connectivity index (χ3n) is 3.40. The van der Waals surface area contributed by atoms with E-state index in [-0.39, 0.29) is 5.95 Å². The van der Waals surface area contributed by atoms with Crippen LogP contribution in [0.1, 0.15) is 18.1 Å². The van der Waals surface area contributed by atoms with Gasteiger partial charge in [-0.2, -0.15) is 4.98 Å². The van der Waals surface area contributed by atoms with Crippen molar-refractivity contribution in [2.45, 2.75) is 18.4 Å². The Hall–Kier alpha value is -2.35. The smallest absolute Gasteiger partial charge is 0.223 e. The molecule has 0 saturated heterocycles. The molecule has 0 bridgehead atoms. The molecule has 1 aromatic heterocycles. The van der Waals surface area contributed by atoms with Gasteiger partial charge in [-0.15, -0.1) is 11.8 Å². The minimum Gasteiger partial charge on any atom is -0.493 e. The molecule has 8 heteroatoms. The monoisotopic (exact) mass is 350 g/mol. The van der Waals surface area contributed by atoms with Gasteiger partial charge in [0, 0.05) is 12.0 Å². The van der Waals surface area contributed by atoms with Gasteiger partial charge in [0.2, 0.25) is 11.7 Å². The van der Waals surface area contributed by atoms with Gasteiger partial charge in [-0.3, -0.25) is 0 Å². The Morgan fingerprint density at radius 1 is 1.00 bits per heavy atom. The lowest BCUT2D eigenvalue weighted by Gasteiger charge is -2.15. The second kappa shape index (κ2) is 7.96. The fraction of sp³-hybridized carbons (Fsp3) is 0.375. The van der Waals surface area contributed by atoms with E-state index in [9.17, 15) is 0 Å². The molecule has 1 aromatic carbocycles. The highest BCUT2D eigenvalue weighted by Crippen LogP contribution is 2.39. The van der Waals surface area contributed by atoms with Gasteiger partial charge < -0.3 is 25.7 Å². The molecule has 24 heavy (non-hydrogen) atoms. The Morgan fingerprint density at radius 3 is 2.12 bits per heavy atom. The summed E-state index contributed by atoms with van der Waals surface area (Å²) in [5, 5.41) is 0.788. The first-order chi connectivity index (χ1) is 11.5. The van der Waals surface area contributed by atoms with E-state index in [1.807, 2.05) is 19.1 Å². The summed E-state index contributed by atoms with van der Waals surface area (Å²) in [6, 6.07) is 3.77. The standard InChI is InChI=1S/C16H22N4O3S/c1-5-24-15-10(14(17)19-16(18)20-15)6-9-7-11(21-2)13(23-4)12(8-9)22-3/h7-8H,5-6H2,1-4H3,(H4,17,18,19,20). The number of nitrogens with two attached hydrogens (primary N) is 2. The van der Waals surface area contributed by atoms with Crippen LogP contribution in [0, 0.1) is 0 Å². The fourth-order valence-electron chi connectivity index (χ4n) is 2.36. The lowest BCUT2D eigenvalue weighted by atomic mass is 10.1. The van der Waals surface area contributed by atoms with Crippen LogP contribution in [0.15, 0.2) is 17.2 Å². The fourth-order valence-corrected chi connectivity index (χ4v) is 3.14. The quantitative estimate of drug-likeness (QED) is 0.579. The molecular formula is C16H22N4O3S. The Morgan fingerprint density at radius 2 is 1.62 bits per heavy atom. The van der Waals surface area contributed by atoms with E-state index in [0.717, 1.165) is 21.9 Å². The second-order valence-corrected chi connectivity index (χ2v) is 6.15. The summed E-state index contributed by atoms with van der Waals surface area (Å²) in [6.45, 7) is 2.04. The van der Waals surface area contributed by atoms with Gasteiger partial charge in [-0.1, -0.05) is 6.92 Å². The molecule has 0 fully saturated rings. The molecule has 0 radical (unpaired) electrons. The zero-order valence-corrected chi connectivity index (χ0v) is 15.1. The predicted octanol–water partition coefficient (Wildman–Crippen LogP) is 2.37. The maximum atomic E-state index is 6.07. The maximum Gasteiger partial charge on any atom is 0.223 e. The molecule has 0 amide bonds. The maximum absolute atomic E-state index is 6.07. The molecule has 4 N–H and O–H groups in total. The van der Waals surface area contributed by atoms with Gasteiger partial charge in [0.1, 0.15) is 10.8 Å². The van der Waals surface area contributed by atoms with Crippen LogP contribution in [-0.4, -0.2) is 37.1 Å². The third-order valence-corrected chi connectivity index (χ3v) is 4.30. The van der Waals surface area contributed by atoms with Gasteiger partial charge in [0.05, 0.1) is 21.3 Å². The molecule has 2 rings (SSSR count). The van der Waals surface area contributed by atoms with E-state index in [2.05, 4.69) is 9.97 Å². The number of methoxy groups -OCH3 is 3. The number of rotatable bonds is 7. The molecule has 2 aromatic rings. The Balaban J connectivity index is 2.48. The van der Waals surface area contributed by atoms with Crippen LogP contribution in [0.25, 0.3) is 0 Å². The predicted molar refractivity (Wildman–Crippen MR) is 96.2 cm³/mol. The van der Waals surface area contributed by atoms with Crippen molar-refractivity contribution in [1.82, 2.24) is 9.97 Å². The molecule has 0 atom stereocenters. The minimum atomic E-state index is 0.178. The van der Waals surface area contributed by atoms with E-state index in [0.29, 0.717) is 29.5 Å².